The lowest BCUT2D eigenvalue weighted by Gasteiger charge is -2.15. The first-order valence-electron chi connectivity index (χ1n) is 8.52. The van der Waals surface area contributed by atoms with Gasteiger partial charge in [0.25, 0.3) is 11.5 Å². The number of H-pyrrole nitrogens is 1. The zero-order valence-electron chi connectivity index (χ0n) is 15.6. The molecule has 140 valence electrons. The molecule has 8 nitrogen and oxygen atoms in total. The summed E-state index contributed by atoms with van der Waals surface area (Å²) >= 11 is 0. The minimum absolute atomic E-state index is 0.239. The Morgan fingerprint density at radius 2 is 1.93 bits per heavy atom. The van der Waals surface area contributed by atoms with Gasteiger partial charge in [0.15, 0.2) is 6.10 Å². The van der Waals surface area contributed by atoms with Gasteiger partial charge in [0.2, 0.25) is 5.95 Å². The molecule has 0 saturated heterocycles. The van der Waals surface area contributed by atoms with Gasteiger partial charge in [-0.3, -0.25) is 14.6 Å². The highest BCUT2D eigenvalue weighted by Crippen LogP contribution is 2.16. The van der Waals surface area contributed by atoms with Gasteiger partial charge in [0, 0.05) is 17.3 Å². The topological polar surface area (TPSA) is 102 Å². The van der Waals surface area contributed by atoms with E-state index in [4.69, 9.17) is 4.74 Å². The number of amides is 1. The molecular formula is C19H21N5O3. The summed E-state index contributed by atoms with van der Waals surface area (Å²) < 4.78 is 7.04. The van der Waals surface area contributed by atoms with Gasteiger partial charge in [-0.15, -0.1) is 0 Å². The maximum atomic E-state index is 12.5. The number of benzene rings is 1. The van der Waals surface area contributed by atoms with Crippen LogP contribution in [0.5, 0.6) is 5.75 Å². The molecule has 1 amide bonds. The van der Waals surface area contributed by atoms with Crippen molar-refractivity contribution in [2.75, 3.05) is 5.32 Å². The molecule has 0 aliphatic carbocycles. The Bertz CT molecular complexity index is 1020. The van der Waals surface area contributed by atoms with Crippen LogP contribution in [0, 0.1) is 20.8 Å². The Kier molecular flexibility index (Phi) is 5.07. The van der Waals surface area contributed by atoms with E-state index >= 15 is 0 Å². The lowest BCUT2D eigenvalue weighted by molar-refractivity contribution is -0.122. The Balaban J connectivity index is 1.84. The van der Waals surface area contributed by atoms with Gasteiger partial charge in [-0.1, -0.05) is 18.2 Å². The van der Waals surface area contributed by atoms with Gasteiger partial charge in [-0.05, 0) is 39.8 Å². The maximum absolute atomic E-state index is 12.5. The number of carbonyl (C=O) groups excluding carboxylic acids is 1. The van der Waals surface area contributed by atoms with Crippen molar-refractivity contribution in [2.45, 2.75) is 33.8 Å². The van der Waals surface area contributed by atoms with Gasteiger partial charge in [-0.2, -0.15) is 9.78 Å². The van der Waals surface area contributed by atoms with Crippen molar-refractivity contribution in [3.63, 3.8) is 0 Å². The van der Waals surface area contributed by atoms with Crippen LogP contribution in [-0.2, 0) is 4.79 Å². The molecule has 0 spiro atoms. The van der Waals surface area contributed by atoms with Crippen LogP contribution >= 0.6 is 0 Å². The fourth-order valence-electron chi connectivity index (χ4n) is 2.47. The summed E-state index contributed by atoms with van der Waals surface area (Å²) in [6.07, 6.45) is -0.720. The van der Waals surface area contributed by atoms with E-state index in [0.717, 1.165) is 0 Å². The number of hydrogen-bond donors (Lipinski definition) is 2. The van der Waals surface area contributed by atoms with Crippen LogP contribution in [0.4, 0.5) is 5.82 Å². The molecule has 1 aromatic carbocycles. The summed E-state index contributed by atoms with van der Waals surface area (Å²) in [6, 6.07) is 10.8. The van der Waals surface area contributed by atoms with Crippen LogP contribution in [0.3, 0.4) is 0 Å². The molecule has 0 fully saturated rings. The quantitative estimate of drug-likeness (QED) is 0.720. The normalized spacial score (nSPS) is 11.9. The Hall–Kier alpha value is -3.42. The van der Waals surface area contributed by atoms with E-state index in [1.165, 1.54) is 4.68 Å². The van der Waals surface area contributed by atoms with Crippen molar-refractivity contribution in [2.24, 2.45) is 0 Å². The van der Waals surface area contributed by atoms with Crippen LogP contribution < -0.4 is 15.6 Å². The van der Waals surface area contributed by atoms with Gasteiger partial charge >= 0.3 is 0 Å². The second kappa shape index (κ2) is 7.45. The van der Waals surface area contributed by atoms with E-state index in [9.17, 15) is 9.59 Å². The first-order chi connectivity index (χ1) is 12.8. The first-order valence-corrected chi connectivity index (χ1v) is 8.52. The van der Waals surface area contributed by atoms with Crippen molar-refractivity contribution in [3.05, 3.63) is 63.7 Å². The Morgan fingerprint density at radius 1 is 1.22 bits per heavy atom. The summed E-state index contributed by atoms with van der Waals surface area (Å²) in [6.45, 7) is 6.89. The number of ether oxygens (including phenoxy) is 1. The Morgan fingerprint density at radius 3 is 2.59 bits per heavy atom. The van der Waals surface area contributed by atoms with Gasteiger partial charge < -0.3 is 10.1 Å². The summed E-state index contributed by atoms with van der Waals surface area (Å²) in [7, 11) is 0. The van der Waals surface area contributed by atoms with E-state index in [1.54, 1.807) is 45.9 Å². The SMILES string of the molecule is Cc1cc(NC(=O)[C@@H](C)Oc2ccccc2)n(-c2nc(C)c(C)c(=O)[nH]2)n1. The molecule has 0 aliphatic rings. The number of rotatable bonds is 5. The number of hydrogen-bond acceptors (Lipinski definition) is 5. The van der Waals surface area contributed by atoms with Crippen molar-refractivity contribution < 1.29 is 9.53 Å². The van der Waals surface area contributed by atoms with Crippen LogP contribution in [0.2, 0.25) is 0 Å². The summed E-state index contributed by atoms with van der Waals surface area (Å²) in [5.74, 6) is 0.895. The Labute approximate surface area is 156 Å². The highest BCUT2D eigenvalue weighted by atomic mass is 16.5. The lowest BCUT2D eigenvalue weighted by Crippen LogP contribution is -2.31. The second-order valence-electron chi connectivity index (χ2n) is 6.25. The highest BCUT2D eigenvalue weighted by molar-refractivity contribution is 5.93. The average Bonchev–Trinajstić information content (AvgIpc) is 3.00. The van der Waals surface area contributed by atoms with Crippen LogP contribution in [0.1, 0.15) is 23.9 Å². The van der Waals surface area contributed by atoms with Crippen molar-refractivity contribution in [3.8, 4) is 11.7 Å². The molecule has 27 heavy (non-hydrogen) atoms. The fourth-order valence-corrected chi connectivity index (χ4v) is 2.47. The number of carbonyl (C=O) groups is 1. The van der Waals surface area contributed by atoms with Crippen LogP contribution in [0.25, 0.3) is 5.95 Å². The van der Waals surface area contributed by atoms with E-state index in [2.05, 4.69) is 20.4 Å². The lowest BCUT2D eigenvalue weighted by atomic mass is 10.3. The molecule has 1 atom stereocenters. The number of aromatic nitrogens is 4. The predicted molar refractivity (Wildman–Crippen MR) is 101 cm³/mol. The fraction of sp³-hybridized carbons (Fsp3) is 0.263. The molecule has 0 bridgehead atoms. The van der Waals surface area contributed by atoms with E-state index in [1.807, 2.05) is 18.2 Å². The largest absolute Gasteiger partial charge is 0.481 e. The van der Waals surface area contributed by atoms with E-state index in [0.29, 0.717) is 28.5 Å². The van der Waals surface area contributed by atoms with Crippen LogP contribution in [-0.4, -0.2) is 31.8 Å². The molecule has 2 N–H and O–H groups in total. The third-order valence-electron chi connectivity index (χ3n) is 4.09. The maximum Gasteiger partial charge on any atom is 0.266 e. The molecule has 8 heteroatoms. The molecule has 3 rings (SSSR count). The smallest absolute Gasteiger partial charge is 0.266 e. The highest BCUT2D eigenvalue weighted by Gasteiger charge is 2.19. The zero-order chi connectivity index (χ0) is 19.6. The molecule has 0 radical (unpaired) electrons. The molecule has 3 aromatic rings. The predicted octanol–water partition coefficient (Wildman–Crippen LogP) is 2.29. The molecule has 0 unspecified atom stereocenters. The number of para-hydroxylation sites is 1. The summed E-state index contributed by atoms with van der Waals surface area (Å²) in [5.41, 5.74) is 1.56. The third kappa shape index (κ3) is 4.05. The molecular weight excluding hydrogens is 346 g/mol. The second-order valence-corrected chi connectivity index (χ2v) is 6.25. The van der Waals surface area contributed by atoms with Crippen molar-refractivity contribution in [1.29, 1.82) is 0 Å². The number of nitrogens with zero attached hydrogens (tertiary/aromatic N) is 3. The van der Waals surface area contributed by atoms with E-state index in [-0.39, 0.29) is 17.4 Å². The molecule has 0 saturated carbocycles. The van der Waals surface area contributed by atoms with Crippen LogP contribution in [0.15, 0.2) is 41.2 Å². The molecule has 2 heterocycles. The van der Waals surface area contributed by atoms with Gasteiger partial charge in [0.05, 0.1) is 5.69 Å². The average molecular weight is 367 g/mol. The van der Waals surface area contributed by atoms with Gasteiger partial charge in [-0.25, -0.2) is 4.98 Å². The van der Waals surface area contributed by atoms with Crippen molar-refractivity contribution in [1.82, 2.24) is 19.7 Å². The van der Waals surface area contributed by atoms with Gasteiger partial charge in [0.1, 0.15) is 11.6 Å². The van der Waals surface area contributed by atoms with Crippen molar-refractivity contribution >= 4 is 11.7 Å². The number of nitrogens with one attached hydrogen (secondary N) is 2. The number of aromatic amines is 1. The zero-order valence-corrected chi connectivity index (χ0v) is 15.6. The third-order valence-corrected chi connectivity index (χ3v) is 4.09. The molecule has 2 aromatic heterocycles. The monoisotopic (exact) mass is 367 g/mol. The first kappa shape index (κ1) is 18.4. The minimum Gasteiger partial charge on any atom is -0.481 e. The standard InChI is InChI=1S/C19H21N5O3/c1-11-10-16(21-18(26)14(4)27-15-8-6-5-7-9-15)24(23-11)19-20-13(3)12(2)17(25)22-19/h5-10,14H,1-4H3,(H,21,26)(H,20,22,25)/t14-/m1/s1. The minimum atomic E-state index is -0.720. The number of anilines is 1. The summed E-state index contributed by atoms with van der Waals surface area (Å²) in [5, 5.41) is 7.10. The molecule has 0 aliphatic heterocycles. The number of aryl methyl sites for hydroxylation is 2. The summed E-state index contributed by atoms with van der Waals surface area (Å²) in [4.78, 5) is 31.6. The van der Waals surface area contributed by atoms with E-state index < -0.39 is 6.10 Å².